The fraction of sp³-hybridized carbons (Fsp3) is 0.597. The molecule has 0 bridgehead atoms. The molecule has 0 saturated carbocycles. The molecule has 2 heterocycles. The maximum atomic E-state index is 14.9. The molecule has 0 spiro atoms. The van der Waals surface area contributed by atoms with E-state index in [1.165, 1.54) is 13.8 Å². The highest BCUT2D eigenvalue weighted by Gasteiger charge is 2.41. The third-order valence-electron chi connectivity index (χ3n) is 17.9. The predicted molar refractivity (Wildman–Crippen MR) is 363 cm³/mol. The molecule has 19 N–H and O–H groups in total. The molecule has 536 valence electrons. The van der Waals surface area contributed by atoms with E-state index < -0.39 is 180 Å². The molecule has 1 fully saturated rings. The minimum absolute atomic E-state index is 0.0980. The highest BCUT2D eigenvalue weighted by molar-refractivity contribution is 6.00. The number of cyclic esters (lactones) is 1. The van der Waals surface area contributed by atoms with Gasteiger partial charge in [-0.25, -0.2) is 4.79 Å². The van der Waals surface area contributed by atoms with Crippen LogP contribution in [-0.4, -0.2) is 180 Å². The van der Waals surface area contributed by atoms with E-state index in [9.17, 15) is 62.6 Å². The smallest absolute Gasteiger partial charge is 0.329 e. The Morgan fingerprint density at radius 2 is 1.14 bits per heavy atom. The van der Waals surface area contributed by atoms with E-state index >= 15 is 0 Å². The molecule has 1 saturated heterocycles. The molecule has 3 aromatic rings. The van der Waals surface area contributed by atoms with Gasteiger partial charge in [-0.3, -0.25) is 58.1 Å². The second-order valence-corrected chi connectivity index (χ2v) is 25.2. The van der Waals surface area contributed by atoms with Gasteiger partial charge in [-0.1, -0.05) is 130 Å². The summed E-state index contributed by atoms with van der Waals surface area (Å²) in [4.78, 5) is 172. The van der Waals surface area contributed by atoms with Crippen LogP contribution in [0.5, 0.6) is 0 Å². The van der Waals surface area contributed by atoms with Gasteiger partial charge < -0.3 is 90.1 Å². The molecule has 16 atom stereocenters. The number of guanidine groups is 1. The summed E-state index contributed by atoms with van der Waals surface area (Å²) < 4.78 is 5.76. The van der Waals surface area contributed by atoms with Crippen LogP contribution in [-0.2, 0) is 75.1 Å². The summed E-state index contributed by atoms with van der Waals surface area (Å²) in [6.45, 7) is 15.7. The number of likely N-dealkylation sites (N-methyl/N-ethyl adjacent to an activating group) is 1. The second-order valence-electron chi connectivity index (χ2n) is 25.2. The Balaban J connectivity index is 1.60. The van der Waals surface area contributed by atoms with Gasteiger partial charge in [0.2, 0.25) is 65.0 Å². The van der Waals surface area contributed by atoms with Crippen molar-refractivity contribution in [3.05, 3.63) is 71.9 Å². The van der Waals surface area contributed by atoms with Crippen LogP contribution in [0.1, 0.15) is 138 Å². The van der Waals surface area contributed by atoms with Gasteiger partial charge in [-0.15, -0.1) is 0 Å². The number of benzene rings is 2. The number of para-hydroxylation sites is 1. The topological polar surface area (TPSA) is 470 Å². The van der Waals surface area contributed by atoms with Crippen LogP contribution in [0.2, 0.25) is 0 Å². The first-order valence-electron chi connectivity index (χ1n) is 33.5. The zero-order valence-corrected chi connectivity index (χ0v) is 57.6. The number of carbonyl (C=O) groups excluding carboxylic acids is 12. The number of primary amides is 1. The summed E-state index contributed by atoms with van der Waals surface area (Å²) in [5, 5.41) is 51.0. The Labute approximate surface area is 567 Å². The fourth-order valence-corrected chi connectivity index (χ4v) is 10.8. The summed E-state index contributed by atoms with van der Waals surface area (Å²) in [5.74, 6) is -12.8. The molecule has 30 heteroatoms. The van der Waals surface area contributed by atoms with Crippen molar-refractivity contribution < 1.29 is 67.4 Å². The number of carbonyl (C=O) groups is 12. The molecule has 0 unspecified atom stereocenters. The largest absolute Gasteiger partial charge is 0.458 e. The van der Waals surface area contributed by atoms with E-state index in [0.717, 1.165) is 16.5 Å². The SMILES string of the molecule is CC[C@H](C)[C@H](NC(=O)[C@@H](Cc1ccccc1)NC)C(=O)N[C@@H](Cc1c[nH]c2ccccc12)C(=O)N[C@H](CCC(N)=O)C(=O)N[C@@H](C(=O)N[C@H](C(=O)N[C@@H](CO)C(=O)N[C@H]1C(=O)N[C@@H](C)C(=O)N[C@@H](CCCCNC(=N)N)C(=O)N[C@@H]([C@@H](C)CC)C(=O)O[C@H]1C)[C@@H](C)CC)[C@@H](C)CC. The highest BCUT2D eigenvalue weighted by Crippen LogP contribution is 2.22. The van der Waals surface area contributed by atoms with Gasteiger partial charge in [0.1, 0.15) is 66.5 Å². The average Bonchev–Trinajstić information content (AvgIpc) is 1.76. The van der Waals surface area contributed by atoms with E-state index in [4.69, 9.17) is 21.6 Å². The molecule has 1 aliphatic heterocycles. The number of hydrogen-bond donors (Lipinski definition) is 17. The normalized spacial score (nSPS) is 20.2. The zero-order valence-electron chi connectivity index (χ0n) is 57.6. The highest BCUT2D eigenvalue weighted by atomic mass is 16.5. The molecule has 11 amide bonds. The number of ether oxygens (including phenoxy) is 1. The minimum Gasteiger partial charge on any atom is -0.458 e. The molecular formula is C67H104N16O14. The van der Waals surface area contributed by atoms with Gasteiger partial charge in [-0.05, 0) is 93.9 Å². The fourth-order valence-electron chi connectivity index (χ4n) is 10.8. The quantitative estimate of drug-likeness (QED) is 0.0150. The number of hydrogen-bond acceptors (Lipinski definition) is 16. The molecular weight excluding hydrogens is 1250 g/mol. The Kier molecular flexibility index (Phi) is 32.9. The van der Waals surface area contributed by atoms with Gasteiger partial charge in [0, 0.05) is 36.5 Å². The number of esters is 1. The lowest BCUT2D eigenvalue weighted by atomic mass is 9.94. The van der Waals surface area contributed by atoms with Gasteiger partial charge in [0.25, 0.3) is 0 Å². The number of rotatable bonds is 36. The lowest BCUT2D eigenvalue weighted by molar-refractivity contribution is -0.157. The first-order valence-corrected chi connectivity index (χ1v) is 33.5. The summed E-state index contributed by atoms with van der Waals surface area (Å²) in [6.07, 6.45) is 1.89. The monoisotopic (exact) mass is 1360 g/mol. The molecule has 1 aromatic heterocycles. The summed E-state index contributed by atoms with van der Waals surface area (Å²) in [5.41, 5.74) is 13.2. The van der Waals surface area contributed by atoms with Crippen molar-refractivity contribution in [1.82, 2.24) is 68.8 Å². The molecule has 4 rings (SSSR count). The average molecular weight is 1360 g/mol. The van der Waals surface area contributed by atoms with E-state index in [1.54, 1.807) is 67.8 Å². The number of aliphatic hydroxyl groups excluding tert-OH is 1. The number of nitrogens with one attached hydrogen (secondary N) is 14. The van der Waals surface area contributed by atoms with Gasteiger partial charge in [-0.2, -0.15) is 0 Å². The van der Waals surface area contributed by atoms with Crippen LogP contribution in [0.3, 0.4) is 0 Å². The Morgan fingerprint density at radius 1 is 0.608 bits per heavy atom. The summed E-state index contributed by atoms with van der Waals surface area (Å²) >= 11 is 0. The maximum absolute atomic E-state index is 14.9. The standard InChI is InChI=1S/C67H104N16O14/c1-12-35(5)51(80-59(89)47(71-11)31-41-23-17-16-18-24-41)62(92)77-48(32-42-33-73-44-26-20-19-25-43(42)44)60(90)76-46(28-29-50(68)85)58(88)79-53(37(7)14-3)64(94)81-52(36(6)13-2)63(93)78-49(34-84)61(91)83-55-40(10)97-66(96)54(38(8)15-4)82-57(87)45(27-21-22-30-72-67(69)70)75-56(86)39(9)74-65(55)95/h16-20,23-26,33,35-40,45-49,51-55,71,73,84H,12-15,21-22,27-32,34H2,1-11H3,(H2,68,85)(H,74,95)(H,75,86)(H,76,90)(H,77,92)(H,78,93)(H,79,88)(H,80,89)(H,81,94)(H,82,87)(H,83,91)(H4,69,70,72)/t35-,36-,37-,38-,39-,40-,45-,46+,47+,48-,49-,51-,52-,53+,54-,55+/m0/s1. The molecule has 30 nitrogen and oxygen atoms in total. The van der Waals surface area contributed by atoms with Gasteiger partial charge >= 0.3 is 5.97 Å². The number of aromatic nitrogens is 1. The maximum Gasteiger partial charge on any atom is 0.329 e. The molecule has 0 aliphatic carbocycles. The lowest BCUT2D eigenvalue weighted by Crippen LogP contribution is -2.63. The number of unbranched alkanes of at least 4 members (excludes halogenated alkanes) is 1. The lowest BCUT2D eigenvalue weighted by Gasteiger charge is -2.31. The minimum atomic E-state index is -1.82. The van der Waals surface area contributed by atoms with Crippen molar-refractivity contribution in [2.75, 3.05) is 20.2 Å². The Bertz CT molecular complexity index is 3190. The van der Waals surface area contributed by atoms with Crippen molar-refractivity contribution >= 4 is 87.8 Å². The van der Waals surface area contributed by atoms with Gasteiger partial charge in [0.15, 0.2) is 5.96 Å². The van der Waals surface area contributed by atoms with Crippen LogP contribution in [0.15, 0.2) is 60.8 Å². The first kappa shape index (κ1) is 80.2. The van der Waals surface area contributed by atoms with E-state index in [1.807, 2.05) is 55.5 Å². The van der Waals surface area contributed by atoms with Crippen LogP contribution in [0.25, 0.3) is 10.9 Å². The van der Waals surface area contributed by atoms with Crippen LogP contribution in [0.4, 0.5) is 0 Å². The van der Waals surface area contributed by atoms with Crippen LogP contribution in [0, 0.1) is 29.1 Å². The summed E-state index contributed by atoms with van der Waals surface area (Å²) in [7, 11) is 1.63. The molecule has 2 aromatic carbocycles. The van der Waals surface area contributed by atoms with Crippen molar-refractivity contribution in [3.8, 4) is 0 Å². The summed E-state index contributed by atoms with van der Waals surface area (Å²) in [6, 6.07) is 1.50. The zero-order chi connectivity index (χ0) is 72.2. The third-order valence-corrected chi connectivity index (χ3v) is 17.9. The molecule has 97 heavy (non-hydrogen) atoms. The third kappa shape index (κ3) is 24.4. The Morgan fingerprint density at radius 3 is 1.70 bits per heavy atom. The van der Waals surface area contributed by atoms with Gasteiger partial charge in [0.05, 0.1) is 12.6 Å². The first-order chi connectivity index (χ1) is 46.0. The van der Waals surface area contributed by atoms with Crippen molar-refractivity contribution in [1.29, 1.82) is 5.41 Å². The van der Waals surface area contributed by atoms with E-state index in [0.29, 0.717) is 44.2 Å². The van der Waals surface area contributed by atoms with E-state index in [2.05, 4.69) is 68.8 Å². The molecule has 1 aliphatic rings. The van der Waals surface area contributed by atoms with Crippen molar-refractivity contribution in [3.63, 3.8) is 0 Å². The number of aromatic amines is 1. The number of aliphatic hydroxyl groups is 1. The van der Waals surface area contributed by atoms with E-state index in [-0.39, 0.29) is 38.1 Å². The predicted octanol–water partition coefficient (Wildman–Crippen LogP) is -0.550. The second kappa shape index (κ2) is 39.8. The molecule has 0 radical (unpaired) electrons. The number of H-pyrrole nitrogens is 1. The Hall–Kier alpha value is -9.19. The number of amides is 11. The van der Waals surface area contributed by atoms with Crippen LogP contribution >= 0.6 is 0 Å². The number of fused-ring (bicyclic) bond motifs is 1. The van der Waals surface area contributed by atoms with Crippen LogP contribution < -0.4 is 75.3 Å². The van der Waals surface area contributed by atoms with Crippen molar-refractivity contribution in [2.45, 2.75) is 212 Å². The number of nitrogens with two attached hydrogens (primary N) is 2. The van der Waals surface area contributed by atoms with Crippen molar-refractivity contribution in [2.24, 2.45) is 35.1 Å².